The van der Waals surface area contributed by atoms with Crippen molar-refractivity contribution in [2.75, 3.05) is 11.9 Å². The number of nitrogens with zero attached hydrogens (tertiary/aromatic N) is 1. The van der Waals surface area contributed by atoms with E-state index < -0.39 is 5.82 Å². The van der Waals surface area contributed by atoms with Gasteiger partial charge in [-0.25, -0.2) is 4.39 Å². The summed E-state index contributed by atoms with van der Waals surface area (Å²) in [6.45, 7) is 5.60. The summed E-state index contributed by atoms with van der Waals surface area (Å²) in [5, 5.41) is 14.3. The zero-order valence-corrected chi connectivity index (χ0v) is 10.7. The molecule has 0 atom stereocenters. The fourth-order valence-electron chi connectivity index (χ4n) is 1.42. The van der Waals surface area contributed by atoms with E-state index in [2.05, 4.69) is 10.6 Å². The third-order valence-electron chi connectivity index (χ3n) is 2.08. The summed E-state index contributed by atoms with van der Waals surface area (Å²) in [5.74, 6) is -0.811. The van der Waals surface area contributed by atoms with E-state index in [-0.39, 0.29) is 23.6 Å². The van der Waals surface area contributed by atoms with Crippen molar-refractivity contribution in [3.05, 3.63) is 29.6 Å². The second kappa shape index (κ2) is 5.50. The predicted molar refractivity (Wildman–Crippen MR) is 67.5 cm³/mol. The lowest BCUT2D eigenvalue weighted by molar-refractivity contribution is -0.120. The Bertz CT molecular complexity index is 486. The summed E-state index contributed by atoms with van der Waals surface area (Å²) in [6.07, 6.45) is 0. The standard InChI is InChI=1S/C13H16FN3O/c1-13(2,3)17-12(18)8-16-11-6-4-5-10(14)9(11)7-15/h4-6,16H,8H2,1-3H3,(H,17,18). The van der Waals surface area contributed by atoms with E-state index in [1.807, 2.05) is 20.8 Å². The monoisotopic (exact) mass is 249 g/mol. The van der Waals surface area contributed by atoms with Gasteiger partial charge in [-0.15, -0.1) is 0 Å². The first-order valence-corrected chi connectivity index (χ1v) is 5.57. The fraction of sp³-hybridized carbons (Fsp3) is 0.385. The molecule has 0 aromatic heterocycles. The topological polar surface area (TPSA) is 64.9 Å². The maximum atomic E-state index is 13.3. The molecule has 0 radical (unpaired) electrons. The molecule has 2 N–H and O–H groups in total. The first-order valence-electron chi connectivity index (χ1n) is 5.57. The summed E-state index contributed by atoms with van der Waals surface area (Å²) in [5.41, 5.74) is -0.0821. The van der Waals surface area contributed by atoms with Gasteiger partial charge < -0.3 is 10.6 Å². The molecule has 1 aromatic rings. The summed E-state index contributed by atoms with van der Waals surface area (Å²) in [6, 6.07) is 6.02. The largest absolute Gasteiger partial charge is 0.375 e. The minimum atomic E-state index is -0.598. The highest BCUT2D eigenvalue weighted by Crippen LogP contribution is 2.17. The second-order valence-corrected chi connectivity index (χ2v) is 4.93. The Morgan fingerprint density at radius 2 is 2.11 bits per heavy atom. The molecule has 96 valence electrons. The van der Waals surface area contributed by atoms with Gasteiger partial charge in [-0.05, 0) is 32.9 Å². The Balaban J connectivity index is 2.68. The van der Waals surface area contributed by atoms with Crippen molar-refractivity contribution in [1.82, 2.24) is 5.32 Å². The Morgan fingerprint density at radius 1 is 1.44 bits per heavy atom. The number of anilines is 1. The van der Waals surface area contributed by atoms with Crippen LogP contribution in [0.4, 0.5) is 10.1 Å². The molecular weight excluding hydrogens is 233 g/mol. The molecule has 0 unspecified atom stereocenters. The van der Waals surface area contributed by atoms with Crippen LogP contribution in [0.1, 0.15) is 26.3 Å². The third kappa shape index (κ3) is 4.06. The Hall–Kier alpha value is -2.09. The van der Waals surface area contributed by atoms with E-state index in [0.717, 1.165) is 0 Å². The van der Waals surface area contributed by atoms with Crippen LogP contribution in [0.25, 0.3) is 0 Å². The molecule has 18 heavy (non-hydrogen) atoms. The maximum absolute atomic E-state index is 13.3. The highest BCUT2D eigenvalue weighted by atomic mass is 19.1. The molecule has 0 fully saturated rings. The second-order valence-electron chi connectivity index (χ2n) is 4.93. The maximum Gasteiger partial charge on any atom is 0.239 e. The van der Waals surface area contributed by atoms with E-state index in [1.54, 1.807) is 12.1 Å². The lowest BCUT2D eigenvalue weighted by Crippen LogP contribution is -2.43. The molecule has 0 heterocycles. The smallest absolute Gasteiger partial charge is 0.239 e. The third-order valence-corrected chi connectivity index (χ3v) is 2.08. The molecule has 0 aliphatic heterocycles. The molecule has 4 nitrogen and oxygen atoms in total. The Kier molecular flexibility index (Phi) is 4.27. The lowest BCUT2D eigenvalue weighted by atomic mass is 10.1. The van der Waals surface area contributed by atoms with E-state index in [0.29, 0.717) is 5.69 Å². The molecule has 0 aliphatic rings. The number of halogens is 1. The molecule has 0 bridgehead atoms. The summed E-state index contributed by atoms with van der Waals surface area (Å²) < 4.78 is 13.3. The van der Waals surface area contributed by atoms with Crippen molar-refractivity contribution in [3.8, 4) is 6.07 Å². The van der Waals surface area contributed by atoms with E-state index in [4.69, 9.17) is 5.26 Å². The van der Waals surface area contributed by atoms with E-state index in [9.17, 15) is 9.18 Å². The summed E-state index contributed by atoms with van der Waals surface area (Å²) >= 11 is 0. The molecule has 0 saturated carbocycles. The van der Waals surface area contributed by atoms with Gasteiger partial charge in [0.15, 0.2) is 0 Å². The predicted octanol–water partition coefficient (Wildman–Crippen LogP) is 2.02. The quantitative estimate of drug-likeness (QED) is 0.861. The number of rotatable bonds is 3. The molecule has 1 aromatic carbocycles. The van der Waals surface area contributed by atoms with Crippen LogP contribution in [-0.4, -0.2) is 18.0 Å². The molecule has 0 aliphatic carbocycles. The number of carbonyl (C=O) groups excluding carboxylic acids is 1. The average molecular weight is 249 g/mol. The van der Waals surface area contributed by atoms with Crippen LogP contribution in [0, 0.1) is 17.1 Å². The van der Waals surface area contributed by atoms with Crippen LogP contribution in [0.15, 0.2) is 18.2 Å². The zero-order chi connectivity index (χ0) is 13.8. The summed E-state index contributed by atoms with van der Waals surface area (Å²) in [7, 11) is 0. The van der Waals surface area contributed by atoms with E-state index in [1.165, 1.54) is 12.1 Å². The van der Waals surface area contributed by atoms with Crippen LogP contribution in [0.5, 0.6) is 0 Å². The molecule has 1 rings (SSSR count). The number of nitrogens with one attached hydrogen (secondary N) is 2. The number of hydrogen-bond acceptors (Lipinski definition) is 3. The minimum Gasteiger partial charge on any atom is -0.375 e. The number of carbonyl (C=O) groups is 1. The Labute approximate surface area is 106 Å². The van der Waals surface area contributed by atoms with Gasteiger partial charge in [0.05, 0.1) is 12.2 Å². The molecule has 1 amide bonds. The van der Waals surface area contributed by atoms with Crippen molar-refractivity contribution in [2.24, 2.45) is 0 Å². The van der Waals surface area contributed by atoms with Gasteiger partial charge in [0.25, 0.3) is 0 Å². The van der Waals surface area contributed by atoms with Crippen LogP contribution in [0.3, 0.4) is 0 Å². The van der Waals surface area contributed by atoms with Crippen LogP contribution < -0.4 is 10.6 Å². The zero-order valence-electron chi connectivity index (χ0n) is 10.7. The van der Waals surface area contributed by atoms with Gasteiger partial charge in [-0.3, -0.25) is 4.79 Å². The van der Waals surface area contributed by atoms with Gasteiger partial charge in [-0.1, -0.05) is 6.07 Å². The van der Waals surface area contributed by atoms with E-state index >= 15 is 0 Å². The molecule has 0 saturated heterocycles. The normalized spacial score (nSPS) is 10.6. The van der Waals surface area contributed by atoms with Crippen LogP contribution >= 0.6 is 0 Å². The number of nitriles is 1. The van der Waals surface area contributed by atoms with Crippen molar-refractivity contribution < 1.29 is 9.18 Å². The number of hydrogen-bond donors (Lipinski definition) is 2. The first kappa shape index (κ1) is 14.0. The molecule has 5 heteroatoms. The van der Waals surface area contributed by atoms with Gasteiger partial charge in [0.1, 0.15) is 17.4 Å². The highest BCUT2D eigenvalue weighted by molar-refractivity contribution is 5.81. The van der Waals surface area contributed by atoms with Crippen molar-refractivity contribution in [3.63, 3.8) is 0 Å². The van der Waals surface area contributed by atoms with Crippen molar-refractivity contribution in [1.29, 1.82) is 5.26 Å². The van der Waals surface area contributed by atoms with Gasteiger partial charge in [0, 0.05) is 5.54 Å². The summed E-state index contributed by atoms with van der Waals surface area (Å²) in [4.78, 5) is 11.6. The highest BCUT2D eigenvalue weighted by Gasteiger charge is 2.14. The van der Waals surface area contributed by atoms with Crippen molar-refractivity contribution >= 4 is 11.6 Å². The first-order chi connectivity index (χ1) is 8.33. The number of benzene rings is 1. The van der Waals surface area contributed by atoms with Crippen molar-refractivity contribution in [2.45, 2.75) is 26.3 Å². The van der Waals surface area contributed by atoms with Gasteiger partial charge in [0.2, 0.25) is 5.91 Å². The fourth-order valence-corrected chi connectivity index (χ4v) is 1.42. The average Bonchev–Trinajstić information content (AvgIpc) is 2.24. The molecule has 0 spiro atoms. The Morgan fingerprint density at radius 3 is 2.67 bits per heavy atom. The van der Waals surface area contributed by atoms with Crippen LogP contribution in [0.2, 0.25) is 0 Å². The van der Waals surface area contributed by atoms with Gasteiger partial charge in [-0.2, -0.15) is 5.26 Å². The molecular formula is C13H16FN3O. The van der Waals surface area contributed by atoms with Crippen LogP contribution in [-0.2, 0) is 4.79 Å². The number of amides is 1. The minimum absolute atomic E-state index is 0.00456. The van der Waals surface area contributed by atoms with Gasteiger partial charge >= 0.3 is 0 Å². The SMILES string of the molecule is CC(C)(C)NC(=O)CNc1cccc(F)c1C#N. The lowest BCUT2D eigenvalue weighted by Gasteiger charge is -2.20.